The molecule has 8 heteroatoms. The van der Waals surface area contributed by atoms with Crippen LogP contribution in [0.2, 0.25) is 0 Å². The molecule has 22 heavy (non-hydrogen) atoms. The van der Waals surface area contributed by atoms with Crippen molar-refractivity contribution in [3.05, 3.63) is 24.1 Å². The van der Waals surface area contributed by atoms with Gasteiger partial charge in [-0.3, -0.25) is 9.59 Å². The van der Waals surface area contributed by atoms with E-state index in [0.717, 1.165) is 6.54 Å². The Morgan fingerprint density at radius 2 is 1.77 bits per heavy atom. The number of imidazole rings is 1. The second-order valence-electron chi connectivity index (χ2n) is 4.40. The molecule has 0 bridgehead atoms. The molecule has 1 rings (SSSR count). The van der Waals surface area contributed by atoms with Crippen LogP contribution in [0.15, 0.2) is 18.7 Å². The van der Waals surface area contributed by atoms with Gasteiger partial charge in [-0.15, -0.1) is 0 Å². The predicted molar refractivity (Wildman–Crippen MR) is 85.6 cm³/mol. The minimum absolute atomic E-state index is 0.0632. The number of aromatic nitrogens is 2. The number of carbonyl (C=O) groups is 2. The van der Waals surface area contributed by atoms with Crippen LogP contribution in [0.1, 0.15) is 39.0 Å². The fourth-order valence-corrected chi connectivity index (χ4v) is 1.37. The predicted octanol–water partition coefficient (Wildman–Crippen LogP) is 2.10. The van der Waals surface area contributed by atoms with Crippen molar-refractivity contribution in [1.29, 1.82) is 0 Å². The van der Waals surface area contributed by atoms with E-state index in [1.807, 2.05) is 7.05 Å². The average molecular weight is 329 g/mol. The van der Waals surface area contributed by atoms with Crippen LogP contribution < -0.4 is 4.57 Å². The van der Waals surface area contributed by atoms with Crippen LogP contribution in [0.3, 0.4) is 0 Å². The van der Waals surface area contributed by atoms with Gasteiger partial charge in [0.05, 0.1) is 13.6 Å². The SMILES string of the molecule is CCCCn1cc[n+](C)c1.O=C(O)CCCC(=O)O.[N-]=C=S. The molecule has 124 valence electrons. The molecule has 0 saturated heterocycles. The van der Waals surface area contributed by atoms with Crippen LogP contribution >= 0.6 is 12.2 Å². The van der Waals surface area contributed by atoms with E-state index in [9.17, 15) is 9.59 Å². The topological polar surface area (TPSA) is 106 Å². The summed E-state index contributed by atoms with van der Waals surface area (Å²) in [5, 5.41) is 24.5. The molecule has 1 heterocycles. The van der Waals surface area contributed by atoms with Crippen LogP contribution in [0.25, 0.3) is 5.41 Å². The first-order valence-corrected chi connectivity index (χ1v) is 7.24. The Balaban J connectivity index is 0. The molecule has 1 aromatic heterocycles. The van der Waals surface area contributed by atoms with E-state index in [0.29, 0.717) is 0 Å². The zero-order valence-electron chi connectivity index (χ0n) is 12.9. The summed E-state index contributed by atoms with van der Waals surface area (Å²) in [6.45, 7) is 3.36. The summed E-state index contributed by atoms with van der Waals surface area (Å²) in [5.74, 6) is -1.90. The highest BCUT2D eigenvalue weighted by atomic mass is 32.1. The van der Waals surface area contributed by atoms with Gasteiger partial charge in [0.25, 0.3) is 0 Å². The standard InChI is InChI=1S/C8H15N2.C5H8O4.CNS/c1-3-4-5-10-7-6-9(2)8-10;6-4(7)2-1-3-5(8)9;2-1-3/h6-8H,3-5H2,1-2H3;1-3H2,(H,6,7)(H,8,9);/q+1;;-1. The van der Waals surface area contributed by atoms with Gasteiger partial charge in [0.2, 0.25) is 6.33 Å². The van der Waals surface area contributed by atoms with Crippen molar-refractivity contribution in [1.82, 2.24) is 4.57 Å². The maximum atomic E-state index is 9.79. The Bertz CT molecular complexity index is 454. The lowest BCUT2D eigenvalue weighted by molar-refractivity contribution is -0.671. The van der Waals surface area contributed by atoms with Crippen molar-refractivity contribution in [2.45, 2.75) is 45.6 Å². The number of aryl methyl sites for hydroxylation is 2. The maximum absolute atomic E-state index is 9.79. The molecule has 0 atom stereocenters. The molecule has 2 N–H and O–H groups in total. The van der Waals surface area contributed by atoms with Gasteiger partial charge in [-0.1, -0.05) is 25.6 Å². The Labute approximate surface area is 135 Å². The molecule has 0 amide bonds. The van der Waals surface area contributed by atoms with E-state index in [1.165, 1.54) is 18.0 Å². The molecule has 0 aliphatic rings. The lowest BCUT2D eigenvalue weighted by Crippen LogP contribution is -2.23. The zero-order valence-corrected chi connectivity index (χ0v) is 13.8. The molecule has 0 aliphatic heterocycles. The monoisotopic (exact) mass is 329 g/mol. The van der Waals surface area contributed by atoms with Crippen molar-refractivity contribution in [2.24, 2.45) is 7.05 Å². The van der Waals surface area contributed by atoms with Gasteiger partial charge >= 0.3 is 11.9 Å². The fraction of sp³-hybridized carbons (Fsp3) is 0.571. The number of carboxylic acids is 2. The third-order valence-corrected chi connectivity index (χ3v) is 2.37. The van der Waals surface area contributed by atoms with E-state index >= 15 is 0 Å². The summed E-state index contributed by atoms with van der Waals surface area (Å²) >= 11 is 3.70. The Morgan fingerprint density at radius 1 is 1.27 bits per heavy atom. The third-order valence-electron chi connectivity index (χ3n) is 2.37. The number of rotatable bonds is 7. The highest BCUT2D eigenvalue weighted by Crippen LogP contribution is 1.93. The smallest absolute Gasteiger partial charge is 0.303 e. The molecule has 0 saturated carbocycles. The number of carboxylic acid groups (broad SMARTS) is 2. The first-order valence-electron chi connectivity index (χ1n) is 6.83. The van der Waals surface area contributed by atoms with E-state index < -0.39 is 11.9 Å². The normalized spacial score (nSPS) is 8.64. The van der Waals surface area contributed by atoms with Crippen molar-refractivity contribution in [3.63, 3.8) is 0 Å². The van der Waals surface area contributed by atoms with Crippen LogP contribution in [0.5, 0.6) is 0 Å². The highest BCUT2D eigenvalue weighted by Gasteiger charge is 1.99. The summed E-state index contributed by atoms with van der Waals surface area (Å²) in [6.07, 6.45) is 8.90. The second-order valence-corrected chi connectivity index (χ2v) is 4.59. The first kappa shape index (κ1) is 22.2. The lowest BCUT2D eigenvalue weighted by Gasteiger charge is -1.90. The van der Waals surface area contributed by atoms with E-state index in [1.54, 1.807) is 0 Å². The van der Waals surface area contributed by atoms with Crippen LogP contribution in [0.4, 0.5) is 0 Å². The quantitative estimate of drug-likeness (QED) is 0.453. The van der Waals surface area contributed by atoms with Gasteiger partial charge < -0.3 is 15.6 Å². The summed E-state index contributed by atoms with van der Waals surface area (Å²) in [4.78, 5) is 19.6. The Kier molecular flexibility index (Phi) is 15.5. The summed E-state index contributed by atoms with van der Waals surface area (Å²) in [6, 6.07) is 0. The van der Waals surface area contributed by atoms with Crippen molar-refractivity contribution in [3.8, 4) is 0 Å². The van der Waals surface area contributed by atoms with Crippen LogP contribution in [-0.2, 0) is 23.2 Å². The first-order chi connectivity index (χ1) is 10.4. The number of hydrogen-bond acceptors (Lipinski definition) is 3. The van der Waals surface area contributed by atoms with Crippen molar-refractivity contribution < 1.29 is 24.4 Å². The van der Waals surface area contributed by atoms with E-state index in [4.69, 9.17) is 15.6 Å². The molecule has 0 fully saturated rings. The molecular formula is C14H23N3O4S. The van der Waals surface area contributed by atoms with Gasteiger partial charge in [-0.2, -0.15) is 5.16 Å². The van der Waals surface area contributed by atoms with Gasteiger partial charge in [0.15, 0.2) is 0 Å². The highest BCUT2D eigenvalue weighted by molar-refractivity contribution is 7.78. The number of nitrogens with zero attached hydrogens (tertiary/aromatic N) is 3. The molecule has 7 nitrogen and oxygen atoms in total. The van der Waals surface area contributed by atoms with E-state index in [-0.39, 0.29) is 19.3 Å². The number of unbranched alkanes of at least 4 members (excludes halogenated alkanes) is 1. The van der Waals surface area contributed by atoms with Gasteiger partial charge in [0, 0.05) is 12.8 Å². The zero-order chi connectivity index (χ0) is 17.4. The minimum atomic E-state index is -0.948. The summed E-state index contributed by atoms with van der Waals surface area (Å²) in [5.41, 5.74) is 0. The minimum Gasteiger partial charge on any atom is -0.753 e. The molecule has 0 aromatic carbocycles. The number of hydrogen-bond donors (Lipinski definition) is 2. The van der Waals surface area contributed by atoms with E-state index in [2.05, 4.69) is 47.0 Å². The van der Waals surface area contributed by atoms with Crippen LogP contribution in [-0.4, -0.2) is 31.9 Å². The van der Waals surface area contributed by atoms with Crippen molar-refractivity contribution in [2.75, 3.05) is 0 Å². The van der Waals surface area contributed by atoms with Gasteiger partial charge in [0.1, 0.15) is 12.4 Å². The second kappa shape index (κ2) is 15.3. The lowest BCUT2D eigenvalue weighted by atomic mass is 10.2. The Hall–Kier alpha value is -2.05. The maximum Gasteiger partial charge on any atom is 0.303 e. The molecule has 0 aliphatic carbocycles. The summed E-state index contributed by atoms with van der Waals surface area (Å²) < 4.78 is 4.28. The average Bonchev–Trinajstić information content (AvgIpc) is 2.83. The molecular weight excluding hydrogens is 306 g/mol. The number of isothiocyanates is 1. The fourth-order valence-electron chi connectivity index (χ4n) is 1.37. The van der Waals surface area contributed by atoms with Gasteiger partial charge in [-0.25, -0.2) is 9.13 Å². The molecule has 0 unspecified atom stereocenters. The number of thiocarbonyl (C=S) groups is 1. The van der Waals surface area contributed by atoms with Crippen LogP contribution in [0, 0.1) is 0 Å². The van der Waals surface area contributed by atoms with Crippen molar-refractivity contribution >= 4 is 29.3 Å². The Morgan fingerprint density at radius 3 is 2.09 bits per heavy atom. The molecule has 0 spiro atoms. The molecule has 0 radical (unpaired) electrons. The summed E-state index contributed by atoms with van der Waals surface area (Å²) in [7, 11) is 2.04. The molecule has 1 aromatic rings. The van der Waals surface area contributed by atoms with Gasteiger partial charge in [-0.05, 0) is 12.8 Å². The third kappa shape index (κ3) is 17.9. The number of aliphatic carboxylic acids is 2. The largest absolute Gasteiger partial charge is 0.753 e.